The fourth-order valence-electron chi connectivity index (χ4n) is 2.16. The van der Waals surface area contributed by atoms with Crippen LogP contribution in [0.15, 0.2) is 30.3 Å². The maximum Gasteiger partial charge on any atom is 0.303 e. The molecule has 17 heavy (non-hydrogen) atoms. The zero-order chi connectivity index (χ0) is 12.1. The molecule has 4 nitrogen and oxygen atoms in total. The molecule has 1 fully saturated rings. The molecule has 1 aliphatic heterocycles. The van der Waals surface area contributed by atoms with Crippen molar-refractivity contribution in [3.8, 4) is 0 Å². The lowest BCUT2D eigenvalue weighted by Gasteiger charge is -2.15. The molecule has 0 spiro atoms. The molecule has 1 atom stereocenters. The van der Waals surface area contributed by atoms with Crippen LogP contribution in [0.1, 0.15) is 12.0 Å². The fourth-order valence-corrected chi connectivity index (χ4v) is 2.16. The second-order valence-electron chi connectivity index (χ2n) is 4.51. The van der Waals surface area contributed by atoms with Gasteiger partial charge in [0.1, 0.15) is 0 Å². The molecule has 1 aromatic carbocycles. The van der Waals surface area contributed by atoms with Gasteiger partial charge in [0.2, 0.25) is 0 Å². The molecule has 2 N–H and O–H groups in total. The topological polar surface area (TPSA) is 52.6 Å². The van der Waals surface area contributed by atoms with Crippen LogP contribution in [0.25, 0.3) is 0 Å². The lowest BCUT2D eigenvalue weighted by molar-refractivity contribution is -0.137. The van der Waals surface area contributed by atoms with Crippen LogP contribution in [0, 0.1) is 5.92 Å². The molecule has 0 aliphatic carbocycles. The first-order valence-electron chi connectivity index (χ1n) is 5.98. The highest BCUT2D eigenvalue weighted by molar-refractivity contribution is 5.67. The standard InChI is InChI=1S/C13H18N2O2/c16-13(17)8-12-9-14-15(10-12)7-6-11-4-2-1-3-5-11/h1-5,12,14H,6-10H2,(H,16,17). The zero-order valence-corrected chi connectivity index (χ0v) is 9.80. The van der Waals surface area contributed by atoms with Crippen molar-refractivity contribution in [3.05, 3.63) is 35.9 Å². The smallest absolute Gasteiger partial charge is 0.303 e. The van der Waals surface area contributed by atoms with Gasteiger partial charge in [0, 0.05) is 19.6 Å². The van der Waals surface area contributed by atoms with E-state index in [2.05, 4.69) is 22.6 Å². The summed E-state index contributed by atoms with van der Waals surface area (Å²) in [5.41, 5.74) is 4.57. The Morgan fingerprint density at radius 2 is 2.18 bits per heavy atom. The van der Waals surface area contributed by atoms with E-state index in [9.17, 15) is 4.79 Å². The van der Waals surface area contributed by atoms with Gasteiger partial charge < -0.3 is 5.11 Å². The summed E-state index contributed by atoms with van der Waals surface area (Å²) in [5.74, 6) is -0.468. The Labute approximate surface area is 101 Å². The number of benzene rings is 1. The Kier molecular flexibility index (Phi) is 4.12. The Morgan fingerprint density at radius 1 is 1.41 bits per heavy atom. The molecule has 92 valence electrons. The largest absolute Gasteiger partial charge is 0.481 e. The van der Waals surface area contributed by atoms with Crippen LogP contribution in [0.2, 0.25) is 0 Å². The van der Waals surface area contributed by atoms with Gasteiger partial charge in [-0.25, -0.2) is 5.01 Å². The van der Waals surface area contributed by atoms with E-state index in [1.165, 1.54) is 5.56 Å². The first-order valence-corrected chi connectivity index (χ1v) is 5.98. The van der Waals surface area contributed by atoms with E-state index in [1.807, 2.05) is 18.2 Å². The minimum absolute atomic E-state index is 0.239. The number of carbonyl (C=O) groups is 1. The van der Waals surface area contributed by atoms with Crippen molar-refractivity contribution in [1.29, 1.82) is 0 Å². The average Bonchev–Trinajstić information content (AvgIpc) is 2.75. The number of hydrazine groups is 1. The first kappa shape index (κ1) is 12.1. The third-order valence-corrected chi connectivity index (χ3v) is 3.06. The van der Waals surface area contributed by atoms with Crippen molar-refractivity contribution in [2.24, 2.45) is 5.92 Å². The lowest BCUT2D eigenvalue weighted by Crippen LogP contribution is -2.32. The van der Waals surface area contributed by atoms with Crippen molar-refractivity contribution >= 4 is 5.97 Å². The monoisotopic (exact) mass is 234 g/mol. The number of nitrogens with one attached hydrogen (secondary N) is 1. The van der Waals surface area contributed by atoms with Gasteiger partial charge in [-0.15, -0.1) is 0 Å². The van der Waals surface area contributed by atoms with Crippen LogP contribution in [-0.2, 0) is 11.2 Å². The summed E-state index contributed by atoms with van der Waals surface area (Å²) >= 11 is 0. The van der Waals surface area contributed by atoms with E-state index in [1.54, 1.807) is 0 Å². The predicted molar refractivity (Wildman–Crippen MR) is 65.5 cm³/mol. The van der Waals surface area contributed by atoms with Gasteiger partial charge in [-0.05, 0) is 17.9 Å². The fraction of sp³-hybridized carbons (Fsp3) is 0.462. The van der Waals surface area contributed by atoms with Crippen molar-refractivity contribution in [2.45, 2.75) is 12.8 Å². The number of nitrogens with zero attached hydrogens (tertiary/aromatic N) is 1. The van der Waals surface area contributed by atoms with E-state index in [4.69, 9.17) is 5.11 Å². The van der Waals surface area contributed by atoms with E-state index < -0.39 is 5.97 Å². The molecular weight excluding hydrogens is 216 g/mol. The average molecular weight is 234 g/mol. The Balaban J connectivity index is 1.73. The highest BCUT2D eigenvalue weighted by Crippen LogP contribution is 2.11. The third-order valence-electron chi connectivity index (χ3n) is 3.06. The molecule has 0 saturated carbocycles. The molecule has 1 saturated heterocycles. The highest BCUT2D eigenvalue weighted by Gasteiger charge is 2.23. The summed E-state index contributed by atoms with van der Waals surface area (Å²) in [7, 11) is 0. The molecule has 0 bridgehead atoms. The van der Waals surface area contributed by atoms with E-state index in [0.717, 1.165) is 26.1 Å². The number of aliphatic carboxylic acids is 1. The number of carboxylic acid groups (broad SMARTS) is 1. The van der Waals surface area contributed by atoms with Gasteiger partial charge in [-0.3, -0.25) is 10.2 Å². The van der Waals surface area contributed by atoms with E-state index in [-0.39, 0.29) is 12.3 Å². The quantitative estimate of drug-likeness (QED) is 0.802. The zero-order valence-electron chi connectivity index (χ0n) is 9.80. The van der Waals surface area contributed by atoms with Crippen LogP contribution >= 0.6 is 0 Å². The molecule has 1 heterocycles. The summed E-state index contributed by atoms with van der Waals surface area (Å²) in [5, 5.41) is 10.8. The number of hydrogen-bond donors (Lipinski definition) is 2. The maximum atomic E-state index is 10.6. The van der Waals surface area contributed by atoms with Crippen molar-refractivity contribution in [2.75, 3.05) is 19.6 Å². The highest BCUT2D eigenvalue weighted by atomic mass is 16.4. The Hall–Kier alpha value is -1.39. The number of carboxylic acids is 1. The van der Waals surface area contributed by atoms with Gasteiger partial charge in [-0.2, -0.15) is 0 Å². The molecule has 1 aromatic rings. The van der Waals surface area contributed by atoms with E-state index in [0.29, 0.717) is 0 Å². The second-order valence-corrected chi connectivity index (χ2v) is 4.51. The summed E-state index contributed by atoms with van der Waals surface area (Å²) < 4.78 is 0. The normalized spacial score (nSPS) is 20.6. The predicted octanol–water partition coefficient (Wildman–Crippen LogP) is 1.14. The van der Waals surface area contributed by atoms with Gasteiger partial charge in [0.25, 0.3) is 0 Å². The molecular formula is C13H18N2O2. The SMILES string of the molecule is O=C(O)CC1CNN(CCc2ccccc2)C1. The first-order chi connectivity index (χ1) is 8.24. The van der Waals surface area contributed by atoms with Gasteiger partial charge >= 0.3 is 5.97 Å². The third kappa shape index (κ3) is 3.84. The van der Waals surface area contributed by atoms with E-state index >= 15 is 0 Å². The summed E-state index contributed by atoms with van der Waals surface area (Å²) in [6.45, 7) is 2.54. The molecule has 2 rings (SSSR count). The minimum Gasteiger partial charge on any atom is -0.481 e. The molecule has 4 heteroatoms. The molecule has 0 amide bonds. The summed E-state index contributed by atoms with van der Waals surface area (Å²) in [4.78, 5) is 10.6. The summed E-state index contributed by atoms with van der Waals surface area (Å²) in [6.07, 6.45) is 1.25. The lowest BCUT2D eigenvalue weighted by atomic mass is 10.1. The molecule has 1 aliphatic rings. The Bertz CT molecular complexity index is 367. The second kappa shape index (κ2) is 5.80. The number of hydrogen-bond acceptors (Lipinski definition) is 3. The minimum atomic E-state index is -0.707. The molecule has 1 unspecified atom stereocenters. The summed E-state index contributed by atoms with van der Waals surface area (Å²) in [6, 6.07) is 10.3. The van der Waals surface area contributed by atoms with Crippen LogP contribution in [-0.4, -0.2) is 35.7 Å². The van der Waals surface area contributed by atoms with Crippen molar-refractivity contribution < 1.29 is 9.90 Å². The molecule has 0 aromatic heterocycles. The molecule has 0 radical (unpaired) electrons. The van der Waals surface area contributed by atoms with Crippen LogP contribution in [0.3, 0.4) is 0 Å². The van der Waals surface area contributed by atoms with Crippen LogP contribution < -0.4 is 5.43 Å². The maximum absolute atomic E-state index is 10.6. The van der Waals surface area contributed by atoms with Gasteiger partial charge in [-0.1, -0.05) is 30.3 Å². The van der Waals surface area contributed by atoms with Crippen LogP contribution in [0.4, 0.5) is 0 Å². The van der Waals surface area contributed by atoms with Crippen LogP contribution in [0.5, 0.6) is 0 Å². The van der Waals surface area contributed by atoms with Crippen molar-refractivity contribution in [3.63, 3.8) is 0 Å². The Morgan fingerprint density at radius 3 is 2.88 bits per heavy atom. The van der Waals surface area contributed by atoms with Gasteiger partial charge in [0.05, 0.1) is 6.42 Å². The van der Waals surface area contributed by atoms with Gasteiger partial charge in [0.15, 0.2) is 0 Å². The van der Waals surface area contributed by atoms with Crippen molar-refractivity contribution in [1.82, 2.24) is 10.4 Å². The number of rotatable bonds is 5.